The molecule has 1 rings (SSSR count). The number of anilines is 2. The van der Waals surface area contributed by atoms with E-state index in [2.05, 4.69) is 10.0 Å². The summed E-state index contributed by atoms with van der Waals surface area (Å²) in [5.74, 6) is 0.344. The number of rotatable bonds is 9. The molecule has 0 aliphatic rings. The van der Waals surface area contributed by atoms with Gasteiger partial charge in [0.1, 0.15) is 5.75 Å². The van der Waals surface area contributed by atoms with Gasteiger partial charge in [0.15, 0.2) is 0 Å². The fourth-order valence-electron chi connectivity index (χ4n) is 2.05. The maximum atomic E-state index is 12.3. The lowest BCUT2D eigenvalue weighted by molar-refractivity contribution is 0.187. The number of benzene rings is 1. The van der Waals surface area contributed by atoms with Gasteiger partial charge < -0.3 is 20.1 Å². The number of hydrogen-bond acceptors (Lipinski definition) is 5. The molecule has 3 N–H and O–H groups in total. The van der Waals surface area contributed by atoms with E-state index in [0.717, 1.165) is 19.1 Å². The summed E-state index contributed by atoms with van der Waals surface area (Å²) < 4.78 is 30.3. The van der Waals surface area contributed by atoms with Crippen LogP contribution in [0.3, 0.4) is 0 Å². The number of aliphatic hydroxyl groups excluding tert-OH is 1. The molecule has 0 radical (unpaired) electrons. The third-order valence-corrected chi connectivity index (χ3v) is 3.78. The summed E-state index contributed by atoms with van der Waals surface area (Å²) in [6.07, 6.45) is 2.79. The molecular weight excluding hydrogens is 334 g/mol. The van der Waals surface area contributed by atoms with Crippen LogP contribution in [0.4, 0.5) is 16.2 Å². The monoisotopic (exact) mass is 359 g/mol. The Labute approximate surface area is 142 Å². The van der Waals surface area contributed by atoms with Gasteiger partial charge in [0.25, 0.3) is 0 Å². The lowest BCUT2D eigenvalue weighted by Crippen LogP contribution is -2.37. The van der Waals surface area contributed by atoms with Crippen LogP contribution in [-0.4, -0.2) is 57.5 Å². The molecule has 1 aromatic rings. The number of carbonyl (C=O) groups excluding carboxylic acids is 1. The summed E-state index contributed by atoms with van der Waals surface area (Å²) in [4.78, 5) is 13.8. The lowest BCUT2D eigenvalue weighted by Gasteiger charge is -2.22. The molecule has 0 atom stereocenters. The first-order chi connectivity index (χ1) is 11.3. The molecule has 8 nitrogen and oxygen atoms in total. The highest BCUT2D eigenvalue weighted by molar-refractivity contribution is 7.92. The Balaban J connectivity index is 2.93. The number of aliphatic hydroxyl groups is 1. The van der Waals surface area contributed by atoms with Gasteiger partial charge in [0.05, 0.1) is 25.7 Å². The summed E-state index contributed by atoms with van der Waals surface area (Å²) in [5.41, 5.74) is 0.659. The van der Waals surface area contributed by atoms with E-state index in [1.165, 1.54) is 18.1 Å². The molecule has 0 spiro atoms. The maximum Gasteiger partial charge on any atom is 0.321 e. The largest absolute Gasteiger partial charge is 0.495 e. The van der Waals surface area contributed by atoms with Crippen LogP contribution >= 0.6 is 0 Å². The van der Waals surface area contributed by atoms with E-state index in [4.69, 9.17) is 9.84 Å². The maximum absolute atomic E-state index is 12.3. The van der Waals surface area contributed by atoms with Gasteiger partial charge in [-0.1, -0.05) is 13.3 Å². The van der Waals surface area contributed by atoms with Gasteiger partial charge in [0.2, 0.25) is 10.0 Å². The Morgan fingerprint density at radius 3 is 2.58 bits per heavy atom. The molecule has 24 heavy (non-hydrogen) atoms. The molecular formula is C15H25N3O5S. The van der Waals surface area contributed by atoms with Crippen LogP contribution in [0, 0.1) is 0 Å². The van der Waals surface area contributed by atoms with Crippen molar-refractivity contribution in [1.29, 1.82) is 0 Å². The third-order valence-electron chi connectivity index (χ3n) is 3.18. The molecule has 0 unspecified atom stereocenters. The molecule has 0 aliphatic heterocycles. The fraction of sp³-hybridized carbons (Fsp3) is 0.533. The summed E-state index contributed by atoms with van der Waals surface area (Å²) in [6.45, 7) is 2.66. The molecule has 0 heterocycles. The number of nitrogens with zero attached hydrogens (tertiary/aromatic N) is 1. The predicted molar refractivity (Wildman–Crippen MR) is 94.0 cm³/mol. The zero-order valence-corrected chi connectivity index (χ0v) is 15.0. The van der Waals surface area contributed by atoms with Crippen molar-refractivity contribution in [2.24, 2.45) is 0 Å². The Morgan fingerprint density at radius 2 is 2.04 bits per heavy atom. The van der Waals surface area contributed by atoms with Gasteiger partial charge in [-0.3, -0.25) is 4.72 Å². The molecule has 0 aliphatic carbocycles. The second-order valence-electron chi connectivity index (χ2n) is 5.28. The van der Waals surface area contributed by atoms with Crippen LogP contribution in [0.5, 0.6) is 5.75 Å². The molecule has 1 aromatic carbocycles. The number of amides is 2. The highest BCUT2D eigenvalue weighted by Crippen LogP contribution is 2.28. The molecule has 136 valence electrons. The number of hydrogen-bond donors (Lipinski definition) is 3. The first-order valence-electron chi connectivity index (χ1n) is 7.63. The quantitative estimate of drug-likeness (QED) is 0.622. The Bertz CT molecular complexity index is 649. The molecule has 0 saturated carbocycles. The number of urea groups is 1. The fourth-order valence-corrected chi connectivity index (χ4v) is 2.61. The van der Waals surface area contributed by atoms with Gasteiger partial charge in [-0.05, 0) is 24.6 Å². The van der Waals surface area contributed by atoms with Crippen LogP contribution in [0.15, 0.2) is 18.2 Å². The Kier molecular flexibility index (Phi) is 7.80. The number of methoxy groups -OCH3 is 1. The van der Waals surface area contributed by atoms with E-state index in [0.29, 0.717) is 18.0 Å². The third kappa shape index (κ3) is 6.63. The van der Waals surface area contributed by atoms with Gasteiger partial charge in [0, 0.05) is 18.8 Å². The summed E-state index contributed by atoms with van der Waals surface area (Å²) >= 11 is 0. The average molecular weight is 359 g/mol. The zero-order valence-electron chi connectivity index (χ0n) is 14.2. The van der Waals surface area contributed by atoms with Crippen LogP contribution in [-0.2, 0) is 10.0 Å². The van der Waals surface area contributed by atoms with Gasteiger partial charge in [-0.15, -0.1) is 0 Å². The van der Waals surface area contributed by atoms with Crippen molar-refractivity contribution in [3.63, 3.8) is 0 Å². The van der Waals surface area contributed by atoms with Gasteiger partial charge >= 0.3 is 6.03 Å². The van der Waals surface area contributed by atoms with Crippen molar-refractivity contribution >= 4 is 27.4 Å². The summed E-state index contributed by atoms with van der Waals surface area (Å²) in [5, 5.41) is 11.8. The standard InChI is InChI=1S/C15H25N3O5S/c1-4-5-8-18(9-10-19)15(20)16-12-6-7-14(23-2)13(11-12)17-24(3,21)22/h6-7,11,17,19H,4-5,8-10H2,1-3H3,(H,16,20). The highest BCUT2D eigenvalue weighted by Gasteiger charge is 2.14. The topological polar surface area (TPSA) is 108 Å². The van der Waals surface area contributed by atoms with Gasteiger partial charge in [-0.2, -0.15) is 0 Å². The summed E-state index contributed by atoms with van der Waals surface area (Å²) in [6, 6.07) is 4.30. The average Bonchev–Trinajstić information content (AvgIpc) is 2.50. The van der Waals surface area contributed by atoms with E-state index in [1.807, 2.05) is 6.92 Å². The van der Waals surface area contributed by atoms with Crippen molar-refractivity contribution in [3.8, 4) is 5.75 Å². The second kappa shape index (κ2) is 9.33. The minimum atomic E-state index is -3.48. The van der Waals surface area contributed by atoms with Crippen LogP contribution in [0.25, 0.3) is 0 Å². The van der Waals surface area contributed by atoms with Crippen molar-refractivity contribution in [3.05, 3.63) is 18.2 Å². The smallest absolute Gasteiger partial charge is 0.321 e. The molecule has 0 saturated heterocycles. The van der Waals surface area contributed by atoms with E-state index in [1.54, 1.807) is 12.1 Å². The number of unbranched alkanes of at least 4 members (excludes halogenated alkanes) is 1. The van der Waals surface area contributed by atoms with E-state index < -0.39 is 10.0 Å². The minimum Gasteiger partial charge on any atom is -0.495 e. The molecule has 0 bridgehead atoms. The lowest BCUT2D eigenvalue weighted by atomic mass is 10.2. The first-order valence-corrected chi connectivity index (χ1v) is 9.52. The number of carbonyl (C=O) groups is 1. The van der Waals surface area contributed by atoms with E-state index in [-0.39, 0.29) is 24.9 Å². The second-order valence-corrected chi connectivity index (χ2v) is 7.03. The van der Waals surface area contributed by atoms with Gasteiger partial charge in [-0.25, -0.2) is 13.2 Å². The number of ether oxygens (including phenoxy) is 1. The van der Waals surface area contributed by atoms with Crippen molar-refractivity contribution in [1.82, 2.24) is 4.90 Å². The minimum absolute atomic E-state index is 0.124. The van der Waals surface area contributed by atoms with Crippen LogP contribution in [0.2, 0.25) is 0 Å². The van der Waals surface area contributed by atoms with Crippen LogP contribution in [0.1, 0.15) is 19.8 Å². The highest BCUT2D eigenvalue weighted by atomic mass is 32.2. The molecule has 0 fully saturated rings. The normalized spacial score (nSPS) is 11.0. The number of nitrogens with one attached hydrogen (secondary N) is 2. The Hall–Kier alpha value is -2.00. The Morgan fingerprint density at radius 1 is 1.33 bits per heavy atom. The van der Waals surface area contributed by atoms with Crippen molar-refractivity contribution in [2.75, 3.05) is 43.1 Å². The molecule has 2 amide bonds. The van der Waals surface area contributed by atoms with E-state index >= 15 is 0 Å². The number of sulfonamides is 1. The first kappa shape index (κ1) is 20.0. The zero-order chi connectivity index (χ0) is 18.2. The molecule has 0 aromatic heterocycles. The molecule has 9 heteroatoms. The van der Waals surface area contributed by atoms with Crippen molar-refractivity contribution in [2.45, 2.75) is 19.8 Å². The predicted octanol–water partition coefficient (Wildman–Crippen LogP) is 1.69. The van der Waals surface area contributed by atoms with E-state index in [9.17, 15) is 13.2 Å². The summed E-state index contributed by atoms with van der Waals surface area (Å²) in [7, 11) is -2.05. The van der Waals surface area contributed by atoms with Crippen molar-refractivity contribution < 1.29 is 23.1 Å². The van der Waals surface area contributed by atoms with Crippen LogP contribution < -0.4 is 14.8 Å². The SMILES string of the molecule is CCCCN(CCO)C(=O)Nc1ccc(OC)c(NS(C)(=O)=O)c1.